The van der Waals surface area contributed by atoms with Crippen molar-refractivity contribution in [2.75, 3.05) is 0 Å². The van der Waals surface area contributed by atoms with Crippen LogP contribution in [0.2, 0.25) is 0 Å². The fourth-order valence-electron chi connectivity index (χ4n) is 2.97. The Morgan fingerprint density at radius 3 is 1.50 bits per heavy atom. The van der Waals surface area contributed by atoms with Crippen LogP contribution >= 0.6 is 0 Å². The van der Waals surface area contributed by atoms with E-state index in [1.807, 2.05) is 0 Å². The van der Waals surface area contributed by atoms with Crippen LogP contribution in [0.3, 0.4) is 0 Å². The summed E-state index contributed by atoms with van der Waals surface area (Å²) in [6, 6.07) is 13.3. The van der Waals surface area contributed by atoms with Gasteiger partial charge in [0.15, 0.2) is 25.5 Å². The molecule has 0 amide bonds. The van der Waals surface area contributed by atoms with Gasteiger partial charge in [-0.15, -0.1) is 0 Å². The Kier molecular flexibility index (Phi) is 6.10. The lowest BCUT2D eigenvalue weighted by molar-refractivity contribution is 0.586. The quantitative estimate of drug-likeness (QED) is 0.566. The molecule has 0 unspecified atom stereocenters. The molecule has 8 heteroatoms. The van der Waals surface area contributed by atoms with Gasteiger partial charge in [0.25, 0.3) is 0 Å². The molecule has 30 heavy (non-hydrogen) atoms. The topological polar surface area (TPSA) is 94.1 Å². The van der Waals surface area contributed by atoms with E-state index in [0.717, 1.165) is 0 Å². The summed E-state index contributed by atoms with van der Waals surface area (Å²) >= 11 is 0. The van der Waals surface area contributed by atoms with Crippen LogP contribution in [0.25, 0.3) is 22.5 Å². The third kappa shape index (κ3) is 4.02. The van der Waals surface area contributed by atoms with Crippen molar-refractivity contribution in [1.29, 1.82) is 0 Å². The van der Waals surface area contributed by atoms with Crippen molar-refractivity contribution >= 4 is 19.7 Å². The van der Waals surface area contributed by atoms with E-state index in [9.17, 15) is 16.8 Å². The van der Waals surface area contributed by atoms with Crippen molar-refractivity contribution < 1.29 is 16.8 Å². The standard InChI is InChI=1S/C22H24N2O4S2/c1-15(2)29(25,26)20-11-7-5-9-18(20)17-13-23-22(24-14-17)19-10-6-8-12-21(19)30(27,28)16(3)4/h5-16H,1-4H3. The average Bonchev–Trinajstić information content (AvgIpc) is 2.73. The molecule has 6 nitrogen and oxygen atoms in total. The number of sulfone groups is 2. The summed E-state index contributed by atoms with van der Waals surface area (Å²) in [4.78, 5) is 9.11. The highest BCUT2D eigenvalue weighted by Crippen LogP contribution is 2.31. The van der Waals surface area contributed by atoms with Crippen molar-refractivity contribution in [3.05, 3.63) is 60.9 Å². The number of aromatic nitrogens is 2. The zero-order valence-electron chi connectivity index (χ0n) is 17.3. The monoisotopic (exact) mass is 444 g/mol. The van der Waals surface area contributed by atoms with Crippen LogP contribution in [0.5, 0.6) is 0 Å². The van der Waals surface area contributed by atoms with Gasteiger partial charge in [-0.05, 0) is 45.9 Å². The average molecular weight is 445 g/mol. The molecular weight excluding hydrogens is 420 g/mol. The highest BCUT2D eigenvalue weighted by molar-refractivity contribution is 7.92. The molecule has 0 radical (unpaired) electrons. The highest BCUT2D eigenvalue weighted by Gasteiger charge is 2.25. The Labute approximate surface area is 177 Å². The number of benzene rings is 2. The number of hydrogen-bond acceptors (Lipinski definition) is 6. The summed E-state index contributed by atoms with van der Waals surface area (Å²) in [5.41, 5.74) is 1.48. The zero-order valence-corrected chi connectivity index (χ0v) is 18.9. The summed E-state index contributed by atoms with van der Waals surface area (Å²) in [5, 5.41) is -1.14. The molecule has 0 fully saturated rings. The molecule has 0 N–H and O–H groups in total. The van der Waals surface area contributed by atoms with Gasteiger partial charge in [0.05, 0.1) is 20.3 Å². The highest BCUT2D eigenvalue weighted by atomic mass is 32.2. The fourth-order valence-corrected chi connectivity index (χ4v) is 5.48. The first-order valence-electron chi connectivity index (χ1n) is 9.55. The minimum Gasteiger partial charge on any atom is -0.236 e. The third-order valence-corrected chi connectivity index (χ3v) is 9.25. The molecule has 3 rings (SSSR count). The van der Waals surface area contributed by atoms with Gasteiger partial charge < -0.3 is 0 Å². The van der Waals surface area contributed by atoms with E-state index < -0.39 is 30.2 Å². The molecule has 0 saturated heterocycles. The molecule has 0 spiro atoms. The summed E-state index contributed by atoms with van der Waals surface area (Å²) in [7, 11) is -7.00. The van der Waals surface area contributed by atoms with Crippen molar-refractivity contribution in [2.45, 2.75) is 48.0 Å². The normalized spacial score (nSPS) is 12.5. The van der Waals surface area contributed by atoms with Crippen molar-refractivity contribution in [2.24, 2.45) is 0 Å². The van der Waals surface area contributed by atoms with Gasteiger partial charge in [-0.3, -0.25) is 0 Å². The second-order valence-corrected chi connectivity index (χ2v) is 12.4. The predicted molar refractivity (Wildman–Crippen MR) is 118 cm³/mol. The molecule has 0 atom stereocenters. The van der Waals surface area contributed by atoms with E-state index in [1.165, 1.54) is 12.4 Å². The Balaban J connectivity index is 2.10. The van der Waals surface area contributed by atoms with Crippen LogP contribution < -0.4 is 0 Å². The Morgan fingerprint density at radius 1 is 0.633 bits per heavy atom. The van der Waals surface area contributed by atoms with Crippen LogP contribution in [-0.2, 0) is 19.7 Å². The molecule has 1 heterocycles. The molecule has 0 bridgehead atoms. The number of nitrogens with zero attached hydrogens (tertiary/aromatic N) is 2. The van der Waals surface area contributed by atoms with Crippen molar-refractivity contribution in [3.8, 4) is 22.5 Å². The first kappa shape index (κ1) is 22.1. The third-order valence-electron chi connectivity index (χ3n) is 4.83. The molecule has 0 aliphatic carbocycles. The van der Waals surface area contributed by atoms with Gasteiger partial charge in [0.1, 0.15) is 0 Å². The molecule has 0 aliphatic heterocycles. The minimum atomic E-state index is -3.51. The van der Waals surface area contributed by atoms with Gasteiger partial charge in [-0.25, -0.2) is 26.8 Å². The van der Waals surface area contributed by atoms with Crippen LogP contribution in [0.4, 0.5) is 0 Å². The van der Waals surface area contributed by atoms with E-state index >= 15 is 0 Å². The van der Waals surface area contributed by atoms with Gasteiger partial charge in [0, 0.05) is 29.1 Å². The Bertz CT molecular complexity index is 1160. The number of rotatable bonds is 6. The Hall–Kier alpha value is -2.58. The molecule has 3 aromatic rings. The molecule has 1 aromatic heterocycles. The smallest absolute Gasteiger partial charge is 0.181 e. The Morgan fingerprint density at radius 2 is 1.03 bits per heavy atom. The maximum Gasteiger partial charge on any atom is 0.181 e. The van der Waals surface area contributed by atoms with Crippen molar-refractivity contribution in [1.82, 2.24) is 9.97 Å². The van der Waals surface area contributed by atoms with Gasteiger partial charge >= 0.3 is 0 Å². The zero-order chi connectivity index (χ0) is 22.1. The van der Waals surface area contributed by atoms with Crippen LogP contribution in [0.15, 0.2) is 70.7 Å². The van der Waals surface area contributed by atoms with E-state index in [2.05, 4.69) is 9.97 Å². The lowest BCUT2D eigenvalue weighted by Crippen LogP contribution is -2.15. The predicted octanol–water partition coefficient (Wildman–Crippen LogP) is 4.17. The molecule has 158 valence electrons. The van der Waals surface area contributed by atoms with Crippen LogP contribution in [0, 0.1) is 0 Å². The van der Waals surface area contributed by atoms with E-state index in [-0.39, 0.29) is 15.6 Å². The van der Waals surface area contributed by atoms with Gasteiger partial charge in [0.2, 0.25) is 0 Å². The largest absolute Gasteiger partial charge is 0.236 e. The summed E-state index contributed by atoms with van der Waals surface area (Å²) in [6.07, 6.45) is 3.05. The summed E-state index contributed by atoms with van der Waals surface area (Å²) in [6.45, 7) is 6.53. The van der Waals surface area contributed by atoms with E-state index in [1.54, 1.807) is 76.2 Å². The van der Waals surface area contributed by atoms with Crippen LogP contribution in [0.1, 0.15) is 27.7 Å². The lowest BCUT2D eigenvalue weighted by atomic mass is 10.1. The minimum absolute atomic E-state index is 0.176. The lowest BCUT2D eigenvalue weighted by Gasteiger charge is -2.14. The van der Waals surface area contributed by atoms with Crippen LogP contribution in [-0.4, -0.2) is 37.3 Å². The van der Waals surface area contributed by atoms with E-state index in [4.69, 9.17) is 0 Å². The fraction of sp³-hybridized carbons (Fsp3) is 0.273. The maximum atomic E-state index is 12.7. The van der Waals surface area contributed by atoms with Crippen molar-refractivity contribution in [3.63, 3.8) is 0 Å². The maximum absolute atomic E-state index is 12.7. The second-order valence-electron chi connectivity index (χ2n) is 7.48. The van der Waals surface area contributed by atoms with Gasteiger partial charge in [-0.1, -0.05) is 30.3 Å². The van der Waals surface area contributed by atoms with E-state index in [0.29, 0.717) is 16.7 Å². The molecule has 0 aliphatic rings. The first-order chi connectivity index (χ1) is 14.1. The second kappa shape index (κ2) is 8.28. The summed E-state index contributed by atoms with van der Waals surface area (Å²) in [5.74, 6) is 0.266. The molecule has 2 aromatic carbocycles. The SMILES string of the molecule is CC(C)S(=O)(=O)c1ccccc1-c1cnc(-c2ccccc2S(=O)(=O)C(C)C)nc1. The van der Waals surface area contributed by atoms with Gasteiger partial charge in [-0.2, -0.15) is 0 Å². The molecule has 0 saturated carbocycles. The number of hydrogen-bond donors (Lipinski definition) is 0. The first-order valence-corrected chi connectivity index (χ1v) is 12.6. The molecular formula is C22H24N2O4S2. The summed E-state index contributed by atoms with van der Waals surface area (Å²) < 4.78 is 50.9.